The fourth-order valence-corrected chi connectivity index (χ4v) is 2.15. The van der Waals surface area contributed by atoms with Crippen LogP contribution in [0.15, 0.2) is 18.2 Å². The molecule has 1 aliphatic carbocycles. The van der Waals surface area contributed by atoms with E-state index in [1.54, 1.807) is 25.1 Å². The van der Waals surface area contributed by atoms with Crippen LogP contribution >= 0.6 is 35.6 Å². The van der Waals surface area contributed by atoms with Crippen LogP contribution in [0.5, 0.6) is 5.75 Å². The second kappa shape index (κ2) is 8.08. The lowest BCUT2D eigenvalue weighted by Crippen LogP contribution is -2.43. The largest absolute Gasteiger partial charge is 0.481 e. The Hall–Kier alpha value is -0.680. The summed E-state index contributed by atoms with van der Waals surface area (Å²) < 4.78 is 5.52. The van der Waals surface area contributed by atoms with E-state index in [2.05, 4.69) is 5.32 Å². The lowest BCUT2D eigenvalue weighted by atomic mass is 10.2. The van der Waals surface area contributed by atoms with Gasteiger partial charge in [0.25, 0.3) is 5.91 Å². The van der Waals surface area contributed by atoms with Crippen LogP contribution < -0.4 is 15.8 Å². The average molecular weight is 354 g/mol. The SMILES string of the molecule is CC(Oc1ccc(Cl)c(Cl)c1)C(=O)NCC(N)C1CC1.Cl. The number of benzene rings is 1. The summed E-state index contributed by atoms with van der Waals surface area (Å²) in [4.78, 5) is 11.9. The highest BCUT2D eigenvalue weighted by atomic mass is 35.5. The summed E-state index contributed by atoms with van der Waals surface area (Å²) in [5.41, 5.74) is 5.93. The molecule has 118 valence electrons. The highest BCUT2D eigenvalue weighted by molar-refractivity contribution is 6.42. The maximum absolute atomic E-state index is 11.9. The van der Waals surface area contributed by atoms with Crippen LogP contribution in [0, 0.1) is 5.92 Å². The van der Waals surface area contributed by atoms with E-state index < -0.39 is 6.10 Å². The first kappa shape index (κ1) is 18.4. The van der Waals surface area contributed by atoms with Gasteiger partial charge in [0.1, 0.15) is 5.75 Å². The Balaban J connectivity index is 0.00000220. The van der Waals surface area contributed by atoms with Crippen LogP contribution in [0.25, 0.3) is 0 Å². The van der Waals surface area contributed by atoms with Crippen LogP contribution in [0.4, 0.5) is 0 Å². The molecule has 0 aliphatic heterocycles. The molecule has 7 heteroatoms. The van der Waals surface area contributed by atoms with Gasteiger partial charge in [-0.2, -0.15) is 0 Å². The van der Waals surface area contributed by atoms with Crippen molar-refractivity contribution in [1.29, 1.82) is 0 Å². The first-order valence-corrected chi connectivity index (χ1v) is 7.38. The van der Waals surface area contributed by atoms with E-state index >= 15 is 0 Å². The number of nitrogens with two attached hydrogens (primary N) is 1. The quantitative estimate of drug-likeness (QED) is 0.826. The van der Waals surface area contributed by atoms with Crippen molar-refractivity contribution < 1.29 is 9.53 Å². The van der Waals surface area contributed by atoms with Gasteiger partial charge < -0.3 is 15.8 Å². The lowest BCUT2D eigenvalue weighted by molar-refractivity contribution is -0.127. The molecule has 1 saturated carbocycles. The maximum atomic E-state index is 11.9. The first-order valence-electron chi connectivity index (χ1n) is 6.62. The second-order valence-corrected chi connectivity index (χ2v) is 5.90. The van der Waals surface area contributed by atoms with Crippen molar-refractivity contribution in [2.45, 2.75) is 31.9 Å². The Labute approximate surface area is 140 Å². The van der Waals surface area contributed by atoms with Gasteiger partial charge in [0.15, 0.2) is 6.10 Å². The van der Waals surface area contributed by atoms with Gasteiger partial charge >= 0.3 is 0 Å². The predicted octanol–water partition coefficient (Wildman–Crippen LogP) is 3.04. The highest BCUT2D eigenvalue weighted by Crippen LogP contribution is 2.31. The van der Waals surface area contributed by atoms with Gasteiger partial charge in [-0.05, 0) is 37.8 Å². The Morgan fingerprint density at radius 1 is 1.43 bits per heavy atom. The number of hydrogen-bond donors (Lipinski definition) is 2. The van der Waals surface area contributed by atoms with Crippen molar-refractivity contribution in [3.05, 3.63) is 28.2 Å². The van der Waals surface area contributed by atoms with Gasteiger partial charge in [-0.25, -0.2) is 0 Å². The summed E-state index contributed by atoms with van der Waals surface area (Å²) >= 11 is 11.7. The molecule has 0 bridgehead atoms. The molecule has 0 saturated heterocycles. The topological polar surface area (TPSA) is 64.3 Å². The summed E-state index contributed by atoms with van der Waals surface area (Å²) in [6.45, 7) is 2.17. The molecule has 1 aliphatic rings. The van der Waals surface area contributed by atoms with Gasteiger partial charge in [-0.1, -0.05) is 23.2 Å². The van der Waals surface area contributed by atoms with Gasteiger partial charge in [-0.15, -0.1) is 12.4 Å². The van der Waals surface area contributed by atoms with E-state index in [1.165, 1.54) is 0 Å². The monoisotopic (exact) mass is 352 g/mol. The van der Waals surface area contributed by atoms with E-state index in [1.807, 2.05) is 0 Å². The van der Waals surface area contributed by atoms with E-state index in [0.717, 1.165) is 12.8 Å². The molecule has 3 N–H and O–H groups in total. The van der Waals surface area contributed by atoms with Crippen molar-refractivity contribution in [2.24, 2.45) is 11.7 Å². The fraction of sp³-hybridized carbons (Fsp3) is 0.500. The van der Waals surface area contributed by atoms with E-state index in [4.69, 9.17) is 33.7 Å². The van der Waals surface area contributed by atoms with E-state index in [0.29, 0.717) is 28.3 Å². The number of ether oxygens (including phenoxy) is 1. The zero-order valence-electron chi connectivity index (χ0n) is 11.6. The minimum atomic E-state index is -0.612. The predicted molar refractivity (Wildman–Crippen MR) is 87.5 cm³/mol. The Bertz CT molecular complexity index is 495. The second-order valence-electron chi connectivity index (χ2n) is 5.08. The van der Waals surface area contributed by atoms with Crippen molar-refractivity contribution in [1.82, 2.24) is 5.32 Å². The zero-order valence-corrected chi connectivity index (χ0v) is 14.0. The zero-order chi connectivity index (χ0) is 14.7. The van der Waals surface area contributed by atoms with Gasteiger partial charge in [0, 0.05) is 18.7 Å². The molecule has 0 spiro atoms. The van der Waals surface area contributed by atoms with E-state index in [9.17, 15) is 4.79 Å². The minimum Gasteiger partial charge on any atom is -0.481 e. The van der Waals surface area contributed by atoms with Crippen molar-refractivity contribution in [2.75, 3.05) is 6.54 Å². The molecule has 2 unspecified atom stereocenters. The molecule has 0 radical (unpaired) electrons. The molecular weight excluding hydrogens is 335 g/mol. The van der Waals surface area contributed by atoms with E-state index in [-0.39, 0.29) is 24.4 Å². The van der Waals surface area contributed by atoms with Crippen LogP contribution in [0.2, 0.25) is 10.0 Å². The summed E-state index contributed by atoms with van der Waals surface area (Å²) in [5, 5.41) is 3.65. The summed E-state index contributed by atoms with van der Waals surface area (Å²) in [6, 6.07) is 4.93. The Kier molecular flexibility index (Phi) is 7.07. The average Bonchev–Trinajstić information content (AvgIpc) is 3.24. The molecule has 0 heterocycles. The molecule has 1 amide bonds. The first-order chi connectivity index (χ1) is 9.47. The molecule has 4 nitrogen and oxygen atoms in total. The molecule has 1 aromatic carbocycles. The van der Waals surface area contributed by atoms with Gasteiger partial charge in [0.2, 0.25) is 0 Å². The number of amides is 1. The van der Waals surface area contributed by atoms with Crippen LogP contribution in [0.1, 0.15) is 19.8 Å². The third-order valence-corrected chi connectivity index (χ3v) is 4.05. The number of hydrogen-bond acceptors (Lipinski definition) is 3. The van der Waals surface area contributed by atoms with Crippen LogP contribution in [-0.2, 0) is 4.79 Å². The molecule has 1 aromatic rings. The Morgan fingerprint density at radius 3 is 2.67 bits per heavy atom. The number of rotatable bonds is 6. The smallest absolute Gasteiger partial charge is 0.260 e. The highest BCUT2D eigenvalue weighted by Gasteiger charge is 2.29. The summed E-state index contributed by atoms with van der Waals surface area (Å²) in [6.07, 6.45) is 1.71. The molecule has 2 atom stereocenters. The third kappa shape index (κ3) is 5.55. The molecular formula is C14H19Cl3N2O2. The molecule has 2 rings (SSSR count). The van der Waals surface area contributed by atoms with Crippen molar-refractivity contribution >= 4 is 41.5 Å². The number of halogens is 3. The van der Waals surface area contributed by atoms with Crippen LogP contribution in [0.3, 0.4) is 0 Å². The number of nitrogens with one attached hydrogen (secondary N) is 1. The molecule has 0 aromatic heterocycles. The third-order valence-electron chi connectivity index (χ3n) is 3.31. The lowest BCUT2D eigenvalue weighted by Gasteiger charge is -2.17. The van der Waals surface area contributed by atoms with Crippen molar-refractivity contribution in [3.63, 3.8) is 0 Å². The number of carbonyl (C=O) groups excluding carboxylic acids is 1. The molecule has 1 fully saturated rings. The summed E-state index contributed by atoms with van der Waals surface area (Å²) in [5.74, 6) is 0.877. The van der Waals surface area contributed by atoms with Crippen LogP contribution in [-0.4, -0.2) is 24.6 Å². The standard InChI is InChI=1S/C14H18Cl2N2O2.ClH/c1-8(14(19)18-7-13(17)9-2-3-9)20-10-4-5-11(15)12(16)6-10;/h4-6,8-9,13H,2-3,7,17H2,1H3,(H,18,19);1H. The van der Waals surface area contributed by atoms with Crippen molar-refractivity contribution in [3.8, 4) is 5.75 Å². The maximum Gasteiger partial charge on any atom is 0.260 e. The summed E-state index contributed by atoms with van der Waals surface area (Å²) in [7, 11) is 0. The normalized spacial score (nSPS) is 16.6. The fourth-order valence-electron chi connectivity index (χ4n) is 1.86. The van der Waals surface area contributed by atoms with Gasteiger partial charge in [-0.3, -0.25) is 4.79 Å². The molecule has 21 heavy (non-hydrogen) atoms. The minimum absolute atomic E-state index is 0. The van der Waals surface area contributed by atoms with Gasteiger partial charge in [0.05, 0.1) is 10.0 Å². The number of carbonyl (C=O) groups is 1. The Morgan fingerprint density at radius 2 is 2.10 bits per heavy atom.